The van der Waals surface area contributed by atoms with Crippen LogP contribution in [0.2, 0.25) is 0 Å². The summed E-state index contributed by atoms with van der Waals surface area (Å²) < 4.78 is 0. The number of primary amides is 1. The van der Waals surface area contributed by atoms with Gasteiger partial charge in [-0.2, -0.15) is 0 Å². The second-order valence-electron chi connectivity index (χ2n) is 3.16. The van der Waals surface area contributed by atoms with Crippen LogP contribution in [-0.4, -0.2) is 36.6 Å². The van der Waals surface area contributed by atoms with Crippen LogP contribution in [0.1, 0.15) is 19.8 Å². The van der Waals surface area contributed by atoms with E-state index < -0.39 is 0 Å². The Kier molecular flexibility index (Phi) is 3.34. The second kappa shape index (κ2) is 4.30. The molecule has 0 aromatic carbocycles. The minimum atomic E-state index is -0.287. The first-order chi connectivity index (χ1) is 5.74. The lowest BCUT2D eigenvalue weighted by Crippen LogP contribution is -2.46. The quantitative estimate of drug-likeness (QED) is 0.621. The Bertz CT molecular complexity index is 152. The number of hydrogen-bond acceptors (Lipinski definition) is 2. The van der Waals surface area contributed by atoms with Crippen molar-refractivity contribution in [3.05, 3.63) is 0 Å². The van der Waals surface area contributed by atoms with Crippen LogP contribution in [0, 0.1) is 0 Å². The van der Waals surface area contributed by atoms with E-state index in [1.807, 2.05) is 0 Å². The van der Waals surface area contributed by atoms with Crippen molar-refractivity contribution in [2.24, 2.45) is 5.73 Å². The van der Waals surface area contributed by atoms with Gasteiger partial charge >= 0.3 is 6.03 Å². The molecular formula is C8H17N3O. The maximum atomic E-state index is 10.7. The van der Waals surface area contributed by atoms with E-state index in [0.29, 0.717) is 6.04 Å². The summed E-state index contributed by atoms with van der Waals surface area (Å²) in [5.74, 6) is 0. The van der Waals surface area contributed by atoms with E-state index in [4.69, 9.17) is 5.73 Å². The van der Waals surface area contributed by atoms with Gasteiger partial charge in [0.2, 0.25) is 0 Å². The van der Waals surface area contributed by atoms with E-state index in [2.05, 4.69) is 12.2 Å². The SMILES string of the molecule is CCNC1CCN(C(N)=O)CC1. The summed E-state index contributed by atoms with van der Waals surface area (Å²) in [5, 5.41) is 3.37. The number of carbonyl (C=O) groups is 1. The van der Waals surface area contributed by atoms with Gasteiger partial charge in [0.15, 0.2) is 0 Å². The van der Waals surface area contributed by atoms with Gasteiger partial charge in [-0.3, -0.25) is 0 Å². The van der Waals surface area contributed by atoms with Crippen molar-refractivity contribution in [1.29, 1.82) is 0 Å². The van der Waals surface area contributed by atoms with Crippen LogP contribution in [0.3, 0.4) is 0 Å². The first-order valence-corrected chi connectivity index (χ1v) is 4.51. The van der Waals surface area contributed by atoms with Crippen molar-refractivity contribution in [1.82, 2.24) is 10.2 Å². The molecular weight excluding hydrogens is 154 g/mol. The van der Waals surface area contributed by atoms with Crippen LogP contribution in [-0.2, 0) is 0 Å². The van der Waals surface area contributed by atoms with E-state index in [-0.39, 0.29) is 6.03 Å². The Morgan fingerprint density at radius 2 is 2.17 bits per heavy atom. The molecule has 4 nitrogen and oxygen atoms in total. The van der Waals surface area contributed by atoms with E-state index in [1.165, 1.54) is 0 Å². The molecule has 1 fully saturated rings. The number of hydrogen-bond donors (Lipinski definition) is 2. The zero-order chi connectivity index (χ0) is 8.97. The molecule has 0 unspecified atom stereocenters. The van der Waals surface area contributed by atoms with Crippen molar-refractivity contribution in [3.63, 3.8) is 0 Å². The molecule has 0 radical (unpaired) electrons. The third-order valence-corrected chi connectivity index (χ3v) is 2.30. The number of carbonyl (C=O) groups excluding carboxylic acids is 1. The molecule has 0 aromatic rings. The number of nitrogens with zero attached hydrogens (tertiary/aromatic N) is 1. The van der Waals surface area contributed by atoms with E-state index >= 15 is 0 Å². The molecule has 2 amide bonds. The highest BCUT2D eigenvalue weighted by molar-refractivity contribution is 5.72. The van der Waals surface area contributed by atoms with Crippen molar-refractivity contribution >= 4 is 6.03 Å². The third-order valence-electron chi connectivity index (χ3n) is 2.30. The summed E-state index contributed by atoms with van der Waals surface area (Å²) in [6.07, 6.45) is 2.05. The molecule has 0 aliphatic carbocycles. The van der Waals surface area contributed by atoms with E-state index in [0.717, 1.165) is 32.5 Å². The van der Waals surface area contributed by atoms with Crippen molar-refractivity contribution < 1.29 is 4.79 Å². The van der Waals surface area contributed by atoms with E-state index in [9.17, 15) is 4.79 Å². The van der Waals surface area contributed by atoms with Gasteiger partial charge in [0, 0.05) is 19.1 Å². The zero-order valence-electron chi connectivity index (χ0n) is 7.55. The highest BCUT2D eigenvalue weighted by Gasteiger charge is 2.19. The molecule has 3 N–H and O–H groups in total. The van der Waals surface area contributed by atoms with Crippen LogP contribution >= 0.6 is 0 Å². The molecule has 0 saturated carbocycles. The topological polar surface area (TPSA) is 58.4 Å². The van der Waals surface area contributed by atoms with Crippen LogP contribution in [0.15, 0.2) is 0 Å². The predicted molar refractivity (Wildman–Crippen MR) is 47.9 cm³/mol. The van der Waals surface area contributed by atoms with Crippen LogP contribution in [0.5, 0.6) is 0 Å². The number of rotatable bonds is 2. The highest BCUT2D eigenvalue weighted by atomic mass is 16.2. The number of piperidine rings is 1. The standard InChI is InChI=1S/C8H17N3O/c1-2-10-7-3-5-11(6-4-7)8(9)12/h7,10H,2-6H2,1H3,(H2,9,12). The number of amides is 2. The highest BCUT2D eigenvalue weighted by Crippen LogP contribution is 2.09. The molecule has 12 heavy (non-hydrogen) atoms. The molecule has 0 bridgehead atoms. The summed E-state index contributed by atoms with van der Waals surface area (Å²) in [4.78, 5) is 12.4. The Balaban J connectivity index is 2.25. The summed E-state index contributed by atoms with van der Waals surface area (Å²) in [6.45, 7) is 4.70. The lowest BCUT2D eigenvalue weighted by molar-refractivity contribution is 0.186. The molecule has 0 aromatic heterocycles. The van der Waals surface area contributed by atoms with Crippen LogP contribution in [0.4, 0.5) is 4.79 Å². The smallest absolute Gasteiger partial charge is 0.314 e. The van der Waals surface area contributed by atoms with Gasteiger partial charge < -0.3 is 16.0 Å². The molecule has 1 aliphatic heterocycles. The number of nitrogens with one attached hydrogen (secondary N) is 1. The average Bonchev–Trinajstić information content (AvgIpc) is 2.06. The molecule has 70 valence electrons. The number of likely N-dealkylation sites (tertiary alicyclic amines) is 1. The van der Waals surface area contributed by atoms with Gasteiger partial charge in [-0.05, 0) is 19.4 Å². The Hall–Kier alpha value is -0.770. The van der Waals surface area contributed by atoms with Crippen molar-refractivity contribution in [2.75, 3.05) is 19.6 Å². The van der Waals surface area contributed by atoms with Gasteiger partial charge in [0.25, 0.3) is 0 Å². The normalized spacial score (nSPS) is 19.6. The lowest BCUT2D eigenvalue weighted by Gasteiger charge is -2.30. The predicted octanol–water partition coefficient (Wildman–Crippen LogP) is 0.139. The fourth-order valence-corrected chi connectivity index (χ4v) is 1.59. The third kappa shape index (κ3) is 2.37. The fourth-order valence-electron chi connectivity index (χ4n) is 1.59. The fraction of sp³-hybridized carbons (Fsp3) is 0.875. The lowest BCUT2D eigenvalue weighted by atomic mass is 10.1. The molecule has 1 saturated heterocycles. The Morgan fingerprint density at radius 3 is 2.58 bits per heavy atom. The first-order valence-electron chi connectivity index (χ1n) is 4.51. The minimum absolute atomic E-state index is 0.287. The molecule has 0 atom stereocenters. The monoisotopic (exact) mass is 171 g/mol. The Morgan fingerprint density at radius 1 is 1.58 bits per heavy atom. The molecule has 1 heterocycles. The van der Waals surface area contributed by atoms with E-state index in [1.54, 1.807) is 4.90 Å². The summed E-state index contributed by atoms with van der Waals surface area (Å²) in [6, 6.07) is 0.288. The van der Waals surface area contributed by atoms with Gasteiger partial charge in [0.1, 0.15) is 0 Å². The van der Waals surface area contributed by atoms with Gasteiger partial charge in [-0.25, -0.2) is 4.79 Å². The van der Waals surface area contributed by atoms with Crippen LogP contribution in [0.25, 0.3) is 0 Å². The summed E-state index contributed by atoms with van der Waals surface area (Å²) in [7, 11) is 0. The van der Waals surface area contributed by atoms with Crippen molar-refractivity contribution in [2.45, 2.75) is 25.8 Å². The maximum Gasteiger partial charge on any atom is 0.314 e. The molecule has 1 aliphatic rings. The molecule has 4 heteroatoms. The molecule has 1 rings (SSSR count). The Labute approximate surface area is 73.1 Å². The number of nitrogens with two attached hydrogens (primary N) is 1. The zero-order valence-corrected chi connectivity index (χ0v) is 7.55. The average molecular weight is 171 g/mol. The first kappa shape index (κ1) is 9.32. The van der Waals surface area contributed by atoms with Gasteiger partial charge in [0.05, 0.1) is 0 Å². The maximum absolute atomic E-state index is 10.7. The van der Waals surface area contributed by atoms with Gasteiger partial charge in [-0.15, -0.1) is 0 Å². The summed E-state index contributed by atoms with van der Waals surface area (Å²) >= 11 is 0. The number of urea groups is 1. The minimum Gasteiger partial charge on any atom is -0.351 e. The van der Waals surface area contributed by atoms with Crippen LogP contribution < -0.4 is 11.1 Å². The molecule has 0 spiro atoms. The van der Waals surface area contributed by atoms with Gasteiger partial charge in [-0.1, -0.05) is 6.92 Å². The largest absolute Gasteiger partial charge is 0.351 e. The second-order valence-corrected chi connectivity index (χ2v) is 3.16. The summed E-state index contributed by atoms with van der Waals surface area (Å²) in [5.41, 5.74) is 5.15. The van der Waals surface area contributed by atoms with Crippen molar-refractivity contribution in [3.8, 4) is 0 Å².